The molecule has 0 bridgehead atoms. The van der Waals surface area contributed by atoms with Crippen LogP contribution in [0.1, 0.15) is 142 Å². The SMILES string of the molecule is CCCCCCCCCCCCC(CCCCCCCCC)CC(C(=O)O)C(=O)O. The standard InChI is InChI=1S/C26H50O4/c1-3-5-7-9-11-12-13-15-17-19-21-23(22-24(25(27)28)26(29)30)20-18-16-14-10-8-6-4-2/h23-24H,3-22H2,1-2H3,(H,27,28)(H,29,30). The number of carbonyl (C=O) groups is 2. The summed E-state index contributed by atoms with van der Waals surface area (Å²) in [7, 11) is 0. The molecule has 2 N–H and O–H groups in total. The van der Waals surface area contributed by atoms with Crippen molar-refractivity contribution in [3.8, 4) is 0 Å². The Hall–Kier alpha value is -1.06. The first kappa shape index (κ1) is 28.9. The van der Waals surface area contributed by atoms with Gasteiger partial charge in [0.25, 0.3) is 0 Å². The number of rotatable bonds is 23. The van der Waals surface area contributed by atoms with Gasteiger partial charge in [-0.2, -0.15) is 0 Å². The van der Waals surface area contributed by atoms with E-state index >= 15 is 0 Å². The molecule has 4 nitrogen and oxygen atoms in total. The maximum atomic E-state index is 11.3. The molecule has 30 heavy (non-hydrogen) atoms. The first-order chi connectivity index (χ1) is 14.5. The van der Waals surface area contributed by atoms with Gasteiger partial charge in [0, 0.05) is 0 Å². The number of unbranched alkanes of at least 4 members (excludes halogenated alkanes) is 15. The lowest BCUT2D eigenvalue weighted by Gasteiger charge is -2.19. The molecule has 0 aromatic rings. The van der Waals surface area contributed by atoms with Crippen LogP contribution in [0.2, 0.25) is 0 Å². The Morgan fingerprint density at radius 1 is 0.533 bits per heavy atom. The van der Waals surface area contributed by atoms with Crippen molar-refractivity contribution in [3.63, 3.8) is 0 Å². The van der Waals surface area contributed by atoms with Crippen molar-refractivity contribution in [2.24, 2.45) is 11.8 Å². The molecule has 0 aromatic heterocycles. The van der Waals surface area contributed by atoms with Gasteiger partial charge in [-0.25, -0.2) is 0 Å². The van der Waals surface area contributed by atoms with E-state index in [2.05, 4.69) is 13.8 Å². The van der Waals surface area contributed by atoms with E-state index in [9.17, 15) is 19.8 Å². The van der Waals surface area contributed by atoms with Gasteiger partial charge in [0.05, 0.1) is 0 Å². The molecule has 1 unspecified atom stereocenters. The Balaban J connectivity index is 4.10. The largest absolute Gasteiger partial charge is 0.481 e. The summed E-state index contributed by atoms with van der Waals surface area (Å²) >= 11 is 0. The smallest absolute Gasteiger partial charge is 0.317 e. The van der Waals surface area contributed by atoms with Crippen molar-refractivity contribution in [3.05, 3.63) is 0 Å². The van der Waals surface area contributed by atoms with Crippen molar-refractivity contribution >= 4 is 11.9 Å². The van der Waals surface area contributed by atoms with Gasteiger partial charge < -0.3 is 10.2 Å². The molecule has 4 heteroatoms. The molecule has 178 valence electrons. The van der Waals surface area contributed by atoms with Crippen LogP contribution < -0.4 is 0 Å². The van der Waals surface area contributed by atoms with E-state index in [4.69, 9.17) is 0 Å². The van der Waals surface area contributed by atoms with Crippen LogP contribution in [0.15, 0.2) is 0 Å². The van der Waals surface area contributed by atoms with Crippen LogP contribution in [-0.4, -0.2) is 22.2 Å². The fourth-order valence-electron chi connectivity index (χ4n) is 4.33. The summed E-state index contributed by atoms with van der Waals surface area (Å²) in [4.78, 5) is 22.6. The molecule has 0 heterocycles. The van der Waals surface area contributed by atoms with Crippen molar-refractivity contribution in [2.75, 3.05) is 0 Å². The van der Waals surface area contributed by atoms with Gasteiger partial charge in [0.2, 0.25) is 0 Å². The zero-order chi connectivity index (χ0) is 22.5. The third-order valence-electron chi connectivity index (χ3n) is 6.35. The summed E-state index contributed by atoms with van der Waals surface area (Å²) in [6.45, 7) is 4.47. The van der Waals surface area contributed by atoms with Gasteiger partial charge in [-0.3, -0.25) is 9.59 Å². The Morgan fingerprint density at radius 3 is 1.13 bits per heavy atom. The fraction of sp³-hybridized carbons (Fsp3) is 0.923. The van der Waals surface area contributed by atoms with Gasteiger partial charge in [-0.15, -0.1) is 0 Å². The molecule has 0 spiro atoms. The Morgan fingerprint density at radius 2 is 0.833 bits per heavy atom. The summed E-state index contributed by atoms with van der Waals surface area (Å²) in [5.74, 6) is -3.39. The molecule has 0 rings (SSSR count). The molecular weight excluding hydrogens is 376 g/mol. The second-order valence-corrected chi connectivity index (χ2v) is 9.21. The van der Waals surface area contributed by atoms with Crippen LogP contribution >= 0.6 is 0 Å². The van der Waals surface area contributed by atoms with Gasteiger partial charge in [-0.05, 0) is 12.3 Å². The molecule has 1 atom stereocenters. The molecule has 0 amide bonds. The third kappa shape index (κ3) is 17.8. The van der Waals surface area contributed by atoms with E-state index in [0.717, 1.165) is 25.7 Å². The molecule has 0 aromatic carbocycles. The van der Waals surface area contributed by atoms with Crippen LogP contribution in [0.5, 0.6) is 0 Å². The van der Waals surface area contributed by atoms with Crippen LogP contribution in [0, 0.1) is 11.8 Å². The third-order valence-corrected chi connectivity index (χ3v) is 6.35. The summed E-state index contributed by atoms with van der Waals surface area (Å²) in [5, 5.41) is 18.5. The van der Waals surface area contributed by atoms with E-state index < -0.39 is 17.9 Å². The first-order valence-corrected chi connectivity index (χ1v) is 13.0. The van der Waals surface area contributed by atoms with Crippen LogP contribution in [0.3, 0.4) is 0 Å². The normalized spacial score (nSPS) is 12.4. The van der Waals surface area contributed by atoms with Crippen molar-refractivity contribution in [1.29, 1.82) is 0 Å². The van der Waals surface area contributed by atoms with Crippen LogP contribution in [-0.2, 0) is 9.59 Å². The molecule has 0 radical (unpaired) electrons. The lowest BCUT2D eigenvalue weighted by atomic mass is 9.86. The van der Waals surface area contributed by atoms with Gasteiger partial charge in [0.1, 0.15) is 0 Å². The van der Waals surface area contributed by atoms with E-state index in [1.807, 2.05) is 0 Å². The van der Waals surface area contributed by atoms with E-state index in [1.165, 1.54) is 96.3 Å². The fourth-order valence-corrected chi connectivity index (χ4v) is 4.33. The van der Waals surface area contributed by atoms with E-state index in [0.29, 0.717) is 0 Å². The average Bonchev–Trinajstić information content (AvgIpc) is 2.71. The van der Waals surface area contributed by atoms with E-state index in [1.54, 1.807) is 0 Å². The summed E-state index contributed by atoms with van der Waals surface area (Å²) in [6.07, 6.45) is 23.8. The second-order valence-electron chi connectivity index (χ2n) is 9.21. The molecule has 0 aliphatic carbocycles. The minimum Gasteiger partial charge on any atom is -0.481 e. The Kier molecular flexibility index (Phi) is 20.4. The van der Waals surface area contributed by atoms with Crippen molar-refractivity contribution < 1.29 is 19.8 Å². The minimum atomic E-state index is -1.25. The van der Waals surface area contributed by atoms with Crippen LogP contribution in [0.25, 0.3) is 0 Å². The lowest BCUT2D eigenvalue weighted by Crippen LogP contribution is -2.26. The monoisotopic (exact) mass is 426 g/mol. The quantitative estimate of drug-likeness (QED) is 0.127. The Labute approximate surface area is 186 Å². The molecular formula is C26H50O4. The van der Waals surface area contributed by atoms with Crippen molar-refractivity contribution in [2.45, 2.75) is 142 Å². The number of carboxylic acid groups (broad SMARTS) is 2. The zero-order valence-corrected chi connectivity index (χ0v) is 20.0. The predicted molar refractivity (Wildman–Crippen MR) is 126 cm³/mol. The molecule has 0 saturated carbocycles. The van der Waals surface area contributed by atoms with Gasteiger partial charge in [0.15, 0.2) is 5.92 Å². The number of hydrogen-bond acceptors (Lipinski definition) is 2. The zero-order valence-electron chi connectivity index (χ0n) is 20.0. The molecule has 0 aliphatic heterocycles. The lowest BCUT2D eigenvalue weighted by molar-refractivity contribution is -0.155. The predicted octanol–water partition coefficient (Wildman–Crippen LogP) is 8.23. The average molecular weight is 427 g/mol. The maximum absolute atomic E-state index is 11.3. The highest BCUT2D eigenvalue weighted by Crippen LogP contribution is 2.26. The highest BCUT2D eigenvalue weighted by molar-refractivity contribution is 5.92. The topological polar surface area (TPSA) is 74.6 Å². The highest BCUT2D eigenvalue weighted by atomic mass is 16.4. The Bertz CT molecular complexity index is 394. The molecule has 0 aliphatic rings. The van der Waals surface area contributed by atoms with Crippen LogP contribution in [0.4, 0.5) is 0 Å². The second kappa shape index (κ2) is 21.2. The summed E-state index contributed by atoms with van der Waals surface area (Å²) in [5.41, 5.74) is 0. The maximum Gasteiger partial charge on any atom is 0.317 e. The molecule has 0 saturated heterocycles. The van der Waals surface area contributed by atoms with Gasteiger partial charge >= 0.3 is 11.9 Å². The number of aliphatic carboxylic acids is 2. The van der Waals surface area contributed by atoms with Crippen molar-refractivity contribution in [1.82, 2.24) is 0 Å². The minimum absolute atomic E-state index is 0.229. The number of hydrogen-bond donors (Lipinski definition) is 2. The summed E-state index contributed by atoms with van der Waals surface area (Å²) < 4.78 is 0. The number of carboxylic acids is 2. The summed E-state index contributed by atoms with van der Waals surface area (Å²) in [6, 6.07) is 0. The van der Waals surface area contributed by atoms with Gasteiger partial charge in [-0.1, -0.05) is 136 Å². The first-order valence-electron chi connectivity index (χ1n) is 13.0. The van der Waals surface area contributed by atoms with E-state index in [-0.39, 0.29) is 12.3 Å². The molecule has 0 fully saturated rings. The highest BCUT2D eigenvalue weighted by Gasteiger charge is 2.28.